The zero-order chi connectivity index (χ0) is 25.9. The van der Waals surface area contributed by atoms with Crippen LogP contribution in [-0.2, 0) is 18.5 Å². The van der Waals surface area contributed by atoms with Crippen LogP contribution in [0.1, 0.15) is 32.0 Å². The van der Waals surface area contributed by atoms with Gasteiger partial charge in [-0.25, -0.2) is 9.18 Å². The van der Waals surface area contributed by atoms with Gasteiger partial charge < -0.3 is 19.5 Å². The van der Waals surface area contributed by atoms with Crippen molar-refractivity contribution in [2.45, 2.75) is 39.3 Å². The molecule has 0 saturated heterocycles. The molecule has 0 atom stereocenters. The zero-order valence-corrected chi connectivity index (χ0v) is 21.1. The summed E-state index contributed by atoms with van der Waals surface area (Å²) in [6.07, 6.45) is 1.80. The molecule has 2 aromatic carbocycles. The van der Waals surface area contributed by atoms with Crippen molar-refractivity contribution in [3.8, 4) is 11.5 Å². The van der Waals surface area contributed by atoms with Crippen molar-refractivity contribution in [3.63, 3.8) is 0 Å². The number of fused-ring (bicyclic) bond motifs is 1. The van der Waals surface area contributed by atoms with Gasteiger partial charge in [-0.15, -0.1) is 0 Å². The molecule has 0 bridgehead atoms. The van der Waals surface area contributed by atoms with Gasteiger partial charge >= 0.3 is 6.03 Å². The van der Waals surface area contributed by atoms with Gasteiger partial charge in [0.05, 0.1) is 24.0 Å². The van der Waals surface area contributed by atoms with Gasteiger partial charge in [-0.1, -0.05) is 25.9 Å². The summed E-state index contributed by atoms with van der Waals surface area (Å²) in [5.41, 5.74) is 2.00. The minimum atomic E-state index is -0.506. The Morgan fingerprint density at radius 1 is 1.17 bits per heavy atom. The second-order valence-electron chi connectivity index (χ2n) is 9.88. The number of carbonyl (C=O) groups excluding carboxylic acids is 1. The predicted octanol–water partition coefficient (Wildman–Crippen LogP) is 5.14. The molecule has 0 spiro atoms. The highest BCUT2D eigenvalue weighted by atomic mass is 19.1. The lowest BCUT2D eigenvalue weighted by atomic mass is 9.92. The molecule has 0 unspecified atom stereocenters. The minimum absolute atomic E-state index is 0.0455. The molecule has 0 radical (unpaired) electrons. The largest absolute Gasteiger partial charge is 0.457 e. The number of amides is 2. The second-order valence-corrected chi connectivity index (χ2v) is 9.88. The number of aromatic nitrogens is 3. The number of hydrogen-bond acceptors (Lipinski definition) is 6. The van der Waals surface area contributed by atoms with Crippen LogP contribution < -0.4 is 15.4 Å². The lowest BCUT2D eigenvalue weighted by molar-refractivity contribution is 0.250. The topological polar surface area (TPSA) is 97.5 Å². The number of benzene rings is 2. The number of ether oxygens (including phenoxy) is 1. The van der Waals surface area contributed by atoms with E-state index in [4.69, 9.17) is 9.26 Å². The van der Waals surface area contributed by atoms with Gasteiger partial charge in [0.2, 0.25) is 5.88 Å². The Morgan fingerprint density at radius 3 is 2.69 bits per heavy atom. The molecule has 2 aromatic heterocycles. The number of halogens is 1. The molecule has 0 aliphatic carbocycles. The SMILES string of the molecule is CN(C)CCn1ncc2cc(Oc3ccc(F)cc3CNC(=O)Nc3cc(C(C)(C)C)no3)ccc21. The van der Waals surface area contributed by atoms with Crippen LogP contribution in [-0.4, -0.2) is 46.5 Å². The summed E-state index contributed by atoms with van der Waals surface area (Å²) in [6, 6.07) is 11.0. The average Bonchev–Trinajstić information content (AvgIpc) is 3.44. The third-order valence-corrected chi connectivity index (χ3v) is 5.58. The van der Waals surface area contributed by atoms with Crippen molar-refractivity contribution in [2.24, 2.45) is 0 Å². The van der Waals surface area contributed by atoms with Crippen LogP contribution >= 0.6 is 0 Å². The normalized spacial score (nSPS) is 11.8. The second kappa shape index (κ2) is 10.4. The summed E-state index contributed by atoms with van der Waals surface area (Å²) in [5, 5.41) is 14.7. The van der Waals surface area contributed by atoms with Gasteiger partial charge in [-0.2, -0.15) is 5.10 Å². The number of likely N-dealkylation sites (N-methyl/N-ethyl adjacent to an activating group) is 1. The third-order valence-electron chi connectivity index (χ3n) is 5.58. The van der Waals surface area contributed by atoms with E-state index in [2.05, 4.69) is 25.8 Å². The average molecular weight is 495 g/mol. The van der Waals surface area contributed by atoms with Crippen molar-refractivity contribution >= 4 is 22.8 Å². The number of nitrogens with zero attached hydrogens (tertiary/aromatic N) is 4. The van der Waals surface area contributed by atoms with E-state index in [0.29, 0.717) is 17.1 Å². The Morgan fingerprint density at radius 2 is 1.97 bits per heavy atom. The molecular formula is C26H31FN6O3. The first-order valence-electron chi connectivity index (χ1n) is 11.7. The number of rotatable bonds is 8. The Kier molecular flexibility index (Phi) is 7.25. The monoisotopic (exact) mass is 494 g/mol. The Labute approximate surface area is 209 Å². The highest BCUT2D eigenvalue weighted by Gasteiger charge is 2.20. The first kappa shape index (κ1) is 25.2. The van der Waals surface area contributed by atoms with E-state index >= 15 is 0 Å². The van der Waals surface area contributed by atoms with Gasteiger partial charge in [-0.3, -0.25) is 10.00 Å². The van der Waals surface area contributed by atoms with E-state index in [9.17, 15) is 9.18 Å². The molecule has 0 saturated carbocycles. The van der Waals surface area contributed by atoms with Crippen LogP contribution in [0.4, 0.5) is 15.1 Å². The number of carbonyl (C=O) groups is 1. The van der Waals surface area contributed by atoms with Crippen molar-refractivity contribution in [2.75, 3.05) is 26.0 Å². The lowest BCUT2D eigenvalue weighted by Gasteiger charge is -2.13. The first-order valence-corrected chi connectivity index (χ1v) is 11.7. The standard InChI is InChI=1S/C26H31FN6O3/c1-26(2,3)23-14-24(36-31-23)30-25(34)28-15-18-12-19(27)6-9-22(18)35-20-7-8-21-17(13-20)16-29-33(21)11-10-32(4)5/h6-9,12-14,16H,10-11,15H2,1-5H3,(H2,28,30,34). The molecule has 10 heteroatoms. The van der Waals surface area contributed by atoms with Crippen molar-refractivity contribution in [1.82, 2.24) is 25.2 Å². The summed E-state index contributed by atoms with van der Waals surface area (Å²) in [7, 11) is 4.04. The summed E-state index contributed by atoms with van der Waals surface area (Å²) < 4.78 is 27.2. The minimum Gasteiger partial charge on any atom is -0.457 e. The van der Waals surface area contributed by atoms with Gasteiger partial charge in [0.1, 0.15) is 17.3 Å². The van der Waals surface area contributed by atoms with Crippen LogP contribution in [0.25, 0.3) is 10.9 Å². The summed E-state index contributed by atoms with van der Waals surface area (Å²) in [6.45, 7) is 7.68. The molecule has 0 aliphatic heterocycles. The fourth-order valence-electron chi connectivity index (χ4n) is 3.53. The summed E-state index contributed by atoms with van der Waals surface area (Å²) >= 11 is 0. The quantitative estimate of drug-likeness (QED) is 0.352. The van der Waals surface area contributed by atoms with E-state index in [1.807, 2.05) is 57.7 Å². The predicted molar refractivity (Wildman–Crippen MR) is 136 cm³/mol. The van der Waals surface area contributed by atoms with Gasteiger partial charge in [0.25, 0.3) is 0 Å². The van der Waals surface area contributed by atoms with Crippen LogP contribution in [0.2, 0.25) is 0 Å². The number of nitrogens with one attached hydrogen (secondary N) is 2. The van der Waals surface area contributed by atoms with Gasteiger partial charge in [-0.05, 0) is 50.5 Å². The van der Waals surface area contributed by atoms with E-state index in [-0.39, 0.29) is 17.8 Å². The zero-order valence-electron chi connectivity index (χ0n) is 21.1. The van der Waals surface area contributed by atoms with Crippen molar-refractivity contribution < 1.29 is 18.4 Å². The highest BCUT2D eigenvalue weighted by molar-refractivity contribution is 5.87. The molecule has 2 heterocycles. The molecule has 2 amide bonds. The van der Waals surface area contributed by atoms with Crippen molar-refractivity contribution in [3.05, 3.63) is 65.7 Å². The number of urea groups is 1. The van der Waals surface area contributed by atoms with E-state index in [1.54, 1.807) is 18.3 Å². The van der Waals surface area contributed by atoms with Crippen LogP contribution in [0.5, 0.6) is 11.5 Å². The first-order chi connectivity index (χ1) is 17.1. The van der Waals surface area contributed by atoms with Gasteiger partial charge in [0, 0.05) is 35.5 Å². The molecule has 190 valence electrons. The Balaban J connectivity index is 1.43. The van der Waals surface area contributed by atoms with Crippen molar-refractivity contribution in [1.29, 1.82) is 0 Å². The smallest absolute Gasteiger partial charge is 0.321 e. The Bertz CT molecular complexity index is 1360. The van der Waals surface area contributed by atoms with Crippen LogP contribution in [0.15, 0.2) is 53.2 Å². The fraction of sp³-hybridized carbons (Fsp3) is 0.346. The van der Waals surface area contributed by atoms with E-state index in [0.717, 1.165) is 29.7 Å². The number of anilines is 1. The molecule has 0 fully saturated rings. The molecule has 0 aliphatic rings. The van der Waals surface area contributed by atoms with E-state index in [1.165, 1.54) is 12.1 Å². The maximum Gasteiger partial charge on any atom is 0.321 e. The molecule has 4 aromatic rings. The molecule has 9 nitrogen and oxygen atoms in total. The fourth-order valence-corrected chi connectivity index (χ4v) is 3.53. The highest BCUT2D eigenvalue weighted by Crippen LogP contribution is 2.29. The van der Waals surface area contributed by atoms with Crippen LogP contribution in [0.3, 0.4) is 0 Å². The number of hydrogen-bond donors (Lipinski definition) is 2. The third kappa shape index (κ3) is 6.19. The van der Waals surface area contributed by atoms with E-state index < -0.39 is 11.8 Å². The maximum atomic E-state index is 14.0. The molecule has 36 heavy (non-hydrogen) atoms. The summed E-state index contributed by atoms with van der Waals surface area (Å²) in [5.74, 6) is 0.823. The molecule has 4 rings (SSSR count). The van der Waals surface area contributed by atoms with Gasteiger partial charge in [0.15, 0.2) is 0 Å². The maximum absolute atomic E-state index is 14.0. The molecule has 2 N–H and O–H groups in total. The Hall–Kier alpha value is -3.92. The lowest BCUT2D eigenvalue weighted by Crippen LogP contribution is -2.28. The molecular weight excluding hydrogens is 463 g/mol. The summed E-state index contributed by atoms with van der Waals surface area (Å²) in [4.78, 5) is 14.5. The van der Waals surface area contributed by atoms with Crippen LogP contribution in [0, 0.1) is 5.82 Å².